The quantitative estimate of drug-likeness (QED) is 0.677. The van der Waals surface area contributed by atoms with E-state index >= 15 is 0 Å². The molecule has 0 saturated carbocycles. The lowest BCUT2D eigenvalue weighted by molar-refractivity contribution is 0.0473. The number of carbonyl (C=O) groups is 1. The Hall–Kier alpha value is -1.91. The van der Waals surface area contributed by atoms with Crippen molar-refractivity contribution in [3.8, 4) is 0 Å². The molecular weight excluding hydrogens is 294 g/mol. The Morgan fingerprint density at radius 2 is 2.15 bits per heavy atom. The molecule has 0 unspecified atom stereocenters. The predicted molar refractivity (Wildman–Crippen MR) is 80.2 cm³/mol. The Kier molecular flexibility index (Phi) is 3.67. The Morgan fingerprint density at radius 3 is 3.00 bits per heavy atom. The van der Waals surface area contributed by atoms with E-state index in [9.17, 15) is 4.79 Å². The van der Waals surface area contributed by atoms with E-state index in [1.54, 1.807) is 29.8 Å². The van der Waals surface area contributed by atoms with Crippen LogP contribution in [0.15, 0.2) is 48.0 Å². The summed E-state index contributed by atoms with van der Waals surface area (Å²) in [7, 11) is 0. The monoisotopic (exact) mass is 303 g/mol. The highest BCUT2D eigenvalue weighted by molar-refractivity contribution is 7.16. The van der Waals surface area contributed by atoms with Gasteiger partial charge >= 0.3 is 5.97 Å². The average molecular weight is 304 g/mol. The van der Waals surface area contributed by atoms with E-state index < -0.39 is 0 Å². The van der Waals surface area contributed by atoms with Gasteiger partial charge in [0.15, 0.2) is 0 Å². The molecule has 0 fully saturated rings. The zero-order valence-electron chi connectivity index (χ0n) is 10.4. The third kappa shape index (κ3) is 2.81. The third-order valence-corrected chi connectivity index (χ3v) is 3.85. The molecule has 3 nitrogen and oxygen atoms in total. The van der Waals surface area contributed by atoms with Crippen molar-refractivity contribution in [1.82, 2.24) is 4.98 Å². The second kappa shape index (κ2) is 5.61. The largest absolute Gasteiger partial charge is 0.457 e. The number of thiazole rings is 1. The molecule has 0 N–H and O–H groups in total. The molecule has 0 aliphatic rings. The number of nitrogens with zero attached hydrogens (tertiary/aromatic N) is 1. The lowest BCUT2D eigenvalue weighted by atomic mass is 10.2. The van der Waals surface area contributed by atoms with Gasteiger partial charge in [0, 0.05) is 5.02 Å². The van der Waals surface area contributed by atoms with E-state index in [2.05, 4.69) is 4.98 Å². The van der Waals surface area contributed by atoms with E-state index in [0.29, 0.717) is 10.6 Å². The van der Waals surface area contributed by atoms with Gasteiger partial charge in [0.1, 0.15) is 6.61 Å². The van der Waals surface area contributed by atoms with E-state index in [-0.39, 0.29) is 12.6 Å². The number of rotatable bonds is 3. The maximum Gasteiger partial charge on any atom is 0.338 e. The summed E-state index contributed by atoms with van der Waals surface area (Å²) in [6.45, 7) is 0.208. The number of carbonyl (C=O) groups excluding carboxylic acids is 1. The van der Waals surface area contributed by atoms with E-state index in [1.807, 2.05) is 18.2 Å². The van der Waals surface area contributed by atoms with Crippen molar-refractivity contribution >= 4 is 39.1 Å². The maximum atomic E-state index is 12.0. The van der Waals surface area contributed by atoms with Crippen LogP contribution in [0.25, 0.3) is 10.2 Å². The normalized spacial score (nSPS) is 10.7. The van der Waals surface area contributed by atoms with Crippen molar-refractivity contribution < 1.29 is 9.53 Å². The van der Waals surface area contributed by atoms with Crippen LogP contribution in [0.4, 0.5) is 0 Å². The molecule has 1 heterocycles. The zero-order valence-corrected chi connectivity index (χ0v) is 11.9. The first-order valence-corrected chi connectivity index (χ1v) is 7.23. The molecule has 0 aliphatic carbocycles. The number of fused-ring (bicyclic) bond motifs is 1. The van der Waals surface area contributed by atoms with E-state index in [1.165, 1.54) is 11.3 Å². The van der Waals surface area contributed by atoms with Gasteiger partial charge in [-0.3, -0.25) is 0 Å². The minimum absolute atomic E-state index is 0.208. The van der Waals surface area contributed by atoms with Crippen LogP contribution in [-0.2, 0) is 11.3 Å². The molecule has 0 radical (unpaired) electrons. The Morgan fingerprint density at radius 1 is 1.25 bits per heavy atom. The van der Waals surface area contributed by atoms with Crippen LogP contribution in [0.3, 0.4) is 0 Å². The minimum Gasteiger partial charge on any atom is -0.457 e. The summed E-state index contributed by atoms with van der Waals surface area (Å²) in [6.07, 6.45) is 0. The molecule has 0 amide bonds. The second-order valence-electron chi connectivity index (χ2n) is 4.24. The van der Waals surface area contributed by atoms with Crippen LogP contribution < -0.4 is 0 Å². The van der Waals surface area contributed by atoms with Crippen molar-refractivity contribution in [3.63, 3.8) is 0 Å². The van der Waals surface area contributed by atoms with Gasteiger partial charge in [-0.1, -0.05) is 23.7 Å². The first kappa shape index (κ1) is 13.1. The second-order valence-corrected chi connectivity index (χ2v) is 5.56. The average Bonchev–Trinajstić information content (AvgIpc) is 2.92. The molecule has 100 valence electrons. The van der Waals surface area contributed by atoms with Gasteiger partial charge in [0.05, 0.1) is 21.3 Å². The summed E-state index contributed by atoms with van der Waals surface area (Å²) in [5.74, 6) is -0.347. The highest BCUT2D eigenvalue weighted by atomic mass is 35.5. The Bertz CT molecular complexity index is 769. The van der Waals surface area contributed by atoms with Crippen LogP contribution in [0.1, 0.15) is 15.9 Å². The Balaban J connectivity index is 1.72. The summed E-state index contributed by atoms with van der Waals surface area (Å²) in [4.78, 5) is 16.2. The van der Waals surface area contributed by atoms with Crippen LogP contribution in [0, 0.1) is 0 Å². The predicted octanol–water partition coefficient (Wildman–Crippen LogP) is 4.31. The van der Waals surface area contributed by atoms with E-state index in [4.69, 9.17) is 16.3 Å². The van der Waals surface area contributed by atoms with Gasteiger partial charge in [0.25, 0.3) is 0 Å². The molecular formula is C15H10ClNO2S. The maximum absolute atomic E-state index is 12.0. The summed E-state index contributed by atoms with van der Waals surface area (Å²) < 4.78 is 6.26. The smallest absolute Gasteiger partial charge is 0.338 e. The number of ether oxygens (including phenoxy) is 1. The molecule has 0 aliphatic heterocycles. The lowest BCUT2D eigenvalue weighted by Gasteiger charge is -2.05. The number of aromatic nitrogens is 1. The lowest BCUT2D eigenvalue weighted by Crippen LogP contribution is -2.05. The van der Waals surface area contributed by atoms with Crippen molar-refractivity contribution in [3.05, 3.63) is 64.1 Å². The van der Waals surface area contributed by atoms with Crippen LogP contribution in [-0.4, -0.2) is 11.0 Å². The van der Waals surface area contributed by atoms with Gasteiger partial charge < -0.3 is 4.74 Å². The molecule has 3 aromatic rings. The molecule has 0 atom stereocenters. The first-order valence-electron chi connectivity index (χ1n) is 5.97. The molecule has 0 bridgehead atoms. The van der Waals surface area contributed by atoms with E-state index in [0.717, 1.165) is 15.8 Å². The fraction of sp³-hybridized carbons (Fsp3) is 0.0667. The van der Waals surface area contributed by atoms with Gasteiger partial charge in [0.2, 0.25) is 0 Å². The van der Waals surface area contributed by atoms with Gasteiger partial charge in [-0.15, -0.1) is 11.3 Å². The van der Waals surface area contributed by atoms with Crippen molar-refractivity contribution in [2.75, 3.05) is 0 Å². The molecule has 5 heteroatoms. The van der Waals surface area contributed by atoms with Crippen molar-refractivity contribution in [1.29, 1.82) is 0 Å². The molecule has 1 aromatic heterocycles. The highest BCUT2D eigenvalue weighted by Crippen LogP contribution is 2.20. The standard InChI is InChI=1S/C15H10ClNO2S/c16-12-3-1-2-10(6-12)8-19-15(18)11-4-5-13-14(7-11)20-9-17-13/h1-7,9H,8H2. The number of benzene rings is 2. The SMILES string of the molecule is O=C(OCc1cccc(Cl)c1)c1ccc2ncsc2c1. The summed E-state index contributed by atoms with van der Waals surface area (Å²) in [5.41, 5.74) is 4.04. The third-order valence-electron chi connectivity index (χ3n) is 2.83. The fourth-order valence-electron chi connectivity index (χ4n) is 1.84. The van der Waals surface area contributed by atoms with Gasteiger partial charge in [-0.2, -0.15) is 0 Å². The number of esters is 1. The molecule has 0 spiro atoms. The summed E-state index contributed by atoms with van der Waals surface area (Å²) in [5, 5.41) is 0.629. The van der Waals surface area contributed by atoms with Gasteiger partial charge in [-0.25, -0.2) is 9.78 Å². The Labute approximate surface area is 124 Å². The number of halogens is 1. The summed E-state index contributed by atoms with van der Waals surface area (Å²) in [6, 6.07) is 12.6. The fourth-order valence-corrected chi connectivity index (χ4v) is 2.77. The summed E-state index contributed by atoms with van der Waals surface area (Å²) >= 11 is 7.38. The minimum atomic E-state index is -0.347. The van der Waals surface area contributed by atoms with Crippen molar-refractivity contribution in [2.45, 2.75) is 6.61 Å². The molecule has 3 rings (SSSR count). The van der Waals surface area contributed by atoms with Crippen LogP contribution in [0.5, 0.6) is 0 Å². The number of hydrogen-bond donors (Lipinski definition) is 0. The first-order chi connectivity index (χ1) is 9.72. The molecule has 2 aromatic carbocycles. The molecule has 0 saturated heterocycles. The van der Waals surface area contributed by atoms with Crippen molar-refractivity contribution in [2.24, 2.45) is 0 Å². The van der Waals surface area contributed by atoms with Crippen LogP contribution >= 0.6 is 22.9 Å². The highest BCUT2D eigenvalue weighted by Gasteiger charge is 2.09. The molecule has 20 heavy (non-hydrogen) atoms. The van der Waals surface area contributed by atoms with Gasteiger partial charge in [-0.05, 0) is 35.9 Å². The topological polar surface area (TPSA) is 39.2 Å². The number of hydrogen-bond acceptors (Lipinski definition) is 4. The van der Waals surface area contributed by atoms with Crippen LogP contribution in [0.2, 0.25) is 5.02 Å². The zero-order chi connectivity index (χ0) is 13.9.